The highest BCUT2D eigenvalue weighted by Gasteiger charge is 2.19. The molecule has 2 rings (SSSR count). The van der Waals surface area contributed by atoms with Crippen molar-refractivity contribution in [2.45, 2.75) is 32.7 Å². The number of rotatable bonds is 5. The van der Waals surface area contributed by atoms with E-state index in [2.05, 4.69) is 5.10 Å². The van der Waals surface area contributed by atoms with E-state index >= 15 is 0 Å². The van der Waals surface area contributed by atoms with Crippen molar-refractivity contribution in [3.8, 4) is 11.3 Å². The Morgan fingerprint density at radius 2 is 1.90 bits per heavy atom. The lowest BCUT2D eigenvalue weighted by molar-refractivity contribution is 0.0697. The Morgan fingerprint density at radius 1 is 1.30 bits per heavy atom. The molecule has 106 valence electrons. The highest BCUT2D eigenvalue weighted by molar-refractivity contribution is 5.94. The molecule has 0 aliphatic rings. The van der Waals surface area contributed by atoms with Crippen LogP contribution in [0.5, 0.6) is 0 Å². The standard InChI is InChI=1S/C15H17FN2O2/c1-3-12(4-2)18-9-13(15(19)20)14(17-18)10-5-7-11(16)8-6-10/h5-9,12H,3-4H2,1-2H3,(H,19,20). The Balaban J connectivity index is 2.51. The number of nitrogens with zero attached hydrogens (tertiary/aromatic N) is 2. The molecular formula is C15H17FN2O2. The maximum Gasteiger partial charge on any atom is 0.339 e. The molecule has 20 heavy (non-hydrogen) atoms. The van der Waals surface area contributed by atoms with Gasteiger partial charge in [0.15, 0.2) is 0 Å². The molecule has 0 aliphatic heterocycles. The molecule has 4 nitrogen and oxygen atoms in total. The summed E-state index contributed by atoms with van der Waals surface area (Å²) in [6.07, 6.45) is 3.30. The number of aromatic carboxylic acids is 1. The zero-order chi connectivity index (χ0) is 14.7. The van der Waals surface area contributed by atoms with Crippen LogP contribution >= 0.6 is 0 Å². The van der Waals surface area contributed by atoms with Gasteiger partial charge in [-0.1, -0.05) is 13.8 Å². The molecule has 0 saturated heterocycles. The summed E-state index contributed by atoms with van der Waals surface area (Å²) in [4.78, 5) is 11.3. The molecule has 1 aromatic carbocycles. The van der Waals surface area contributed by atoms with Crippen LogP contribution in [0.25, 0.3) is 11.3 Å². The van der Waals surface area contributed by atoms with Crippen LogP contribution in [0.15, 0.2) is 30.5 Å². The second-order valence-electron chi connectivity index (χ2n) is 4.65. The van der Waals surface area contributed by atoms with Crippen molar-refractivity contribution < 1.29 is 14.3 Å². The monoisotopic (exact) mass is 276 g/mol. The summed E-state index contributed by atoms with van der Waals surface area (Å²) in [5.74, 6) is -1.38. The lowest BCUT2D eigenvalue weighted by atomic mass is 10.1. The summed E-state index contributed by atoms with van der Waals surface area (Å²) in [6, 6.07) is 5.86. The molecule has 1 heterocycles. The van der Waals surface area contributed by atoms with E-state index in [-0.39, 0.29) is 17.4 Å². The van der Waals surface area contributed by atoms with Crippen LogP contribution in [-0.4, -0.2) is 20.9 Å². The highest BCUT2D eigenvalue weighted by atomic mass is 19.1. The Hall–Kier alpha value is -2.17. The van der Waals surface area contributed by atoms with Gasteiger partial charge in [-0.05, 0) is 37.1 Å². The quantitative estimate of drug-likeness (QED) is 0.904. The fourth-order valence-corrected chi connectivity index (χ4v) is 2.22. The Morgan fingerprint density at radius 3 is 2.40 bits per heavy atom. The smallest absolute Gasteiger partial charge is 0.339 e. The number of benzene rings is 1. The molecule has 0 amide bonds. The maximum atomic E-state index is 13.0. The summed E-state index contributed by atoms with van der Waals surface area (Å²) in [5.41, 5.74) is 1.13. The summed E-state index contributed by atoms with van der Waals surface area (Å²) in [5, 5.41) is 13.7. The molecule has 0 unspecified atom stereocenters. The zero-order valence-electron chi connectivity index (χ0n) is 11.5. The van der Waals surface area contributed by atoms with Crippen molar-refractivity contribution in [3.63, 3.8) is 0 Å². The molecule has 0 fully saturated rings. The molecule has 5 heteroatoms. The van der Waals surface area contributed by atoms with Gasteiger partial charge in [0.05, 0.1) is 6.04 Å². The molecule has 2 aromatic rings. The Kier molecular flexibility index (Phi) is 4.17. The first-order valence-electron chi connectivity index (χ1n) is 6.65. The number of carbonyl (C=O) groups is 1. The number of hydrogen-bond donors (Lipinski definition) is 1. The normalized spacial score (nSPS) is 11.0. The minimum atomic E-state index is -1.03. The van der Waals surface area contributed by atoms with Gasteiger partial charge in [-0.3, -0.25) is 4.68 Å². The van der Waals surface area contributed by atoms with Gasteiger partial charge >= 0.3 is 5.97 Å². The summed E-state index contributed by atoms with van der Waals surface area (Å²) >= 11 is 0. The molecule has 1 N–H and O–H groups in total. The van der Waals surface area contributed by atoms with Gasteiger partial charge in [-0.25, -0.2) is 9.18 Å². The SMILES string of the molecule is CCC(CC)n1cc(C(=O)O)c(-c2ccc(F)cc2)n1. The lowest BCUT2D eigenvalue weighted by Crippen LogP contribution is -2.07. The van der Waals surface area contributed by atoms with E-state index < -0.39 is 5.97 Å². The molecule has 0 saturated carbocycles. The van der Waals surface area contributed by atoms with Gasteiger partial charge in [0.2, 0.25) is 0 Å². The van der Waals surface area contributed by atoms with Crippen molar-refractivity contribution in [2.75, 3.05) is 0 Å². The van der Waals surface area contributed by atoms with Crippen LogP contribution in [0.1, 0.15) is 43.1 Å². The van der Waals surface area contributed by atoms with Crippen LogP contribution in [0.4, 0.5) is 4.39 Å². The van der Waals surface area contributed by atoms with Crippen LogP contribution in [0.3, 0.4) is 0 Å². The summed E-state index contributed by atoms with van der Waals surface area (Å²) in [7, 11) is 0. The second kappa shape index (κ2) is 5.86. The predicted molar refractivity (Wildman–Crippen MR) is 74.2 cm³/mol. The fraction of sp³-hybridized carbons (Fsp3) is 0.333. The molecule has 0 spiro atoms. The van der Waals surface area contributed by atoms with Crippen LogP contribution < -0.4 is 0 Å². The van der Waals surface area contributed by atoms with Gasteiger partial charge < -0.3 is 5.11 Å². The van der Waals surface area contributed by atoms with Gasteiger partial charge in [-0.15, -0.1) is 0 Å². The van der Waals surface area contributed by atoms with Crippen molar-refractivity contribution in [2.24, 2.45) is 0 Å². The maximum absolute atomic E-state index is 13.0. The largest absolute Gasteiger partial charge is 0.478 e. The van der Waals surface area contributed by atoms with E-state index in [0.717, 1.165) is 12.8 Å². The predicted octanol–water partition coefficient (Wildman–Crippen LogP) is 3.75. The van der Waals surface area contributed by atoms with Gasteiger partial charge in [0, 0.05) is 11.8 Å². The van der Waals surface area contributed by atoms with Crippen molar-refractivity contribution >= 4 is 5.97 Å². The van der Waals surface area contributed by atoms with Gasteiger partial charge in [0.25, 0.3) is 0 Å². The van der Waals surface area contributed by atoms with E-state index in [0.29, 0.717) is 11.3 Å². The summed E-state index contributed by atoms with van der Waals surface area (Å²) in [6.45, 7) is 4.07. The third-order valence-corrected chi connectivity index (χ3v) is 3.40. The van der Waals surface area contributed by atoms with Crippen LogP contribution in [-0.2, 0) is 0 Å². The van der Waals surface area contributed by atoms with Crippen LogP contribution in [0, 0.1) is 5.82 Å². The first kappa shape index (κ1) is 14.2. The average molecular weight is 276 g/mol. The van der Waals surface area contributed by atoms with E-state index in [9.17, 15) is 14.3 Å². The van der Waals surface area contributed by atoms with Gasteiger partial charge in [0.1, 0.15) is 17.1 Å². The Bertz CT molecular complexity index is 601. The minimum absolute atomic E-state index is 0.142. The highest BCUT2D eigenvalue weighted by Crippen LogP contribution is 2.25. The van der Waals surface area contributed by atoms with E-state index in [1.54, 1.807) is 23.0 Å². The number of hydrogen-bond acceptors (Lipinski definition) is 2. The first-order chi connectivity index (χ1) is 9.56. The second-order valence-corrected chi connectivity index (χ2v) is 4.65. The topological polar surface area (TPSA) is 55.1 Å². The summed E-state index contributed by atoms with van der Waals surface area (Å²) < 4.78 is 14.7. The van der Waals surface area contributed by atoms with Crippen molar-refractivity contribution in [1.82, 2.24) is 9.78 Å². The minimum Gasteiger partial charge on any atom is -0.478 e. The number of carboxylic acid groups (broad SMARTS) is 1. The third-order valence-electron chi connectivity index (χ3n) is 3.40. The zero-order valence-corrected chi connectivity index (χ0v) is 11.5. The van der Waals surface area contributed by atoms with Gasteiger partial charge in [-0.2, -0.15) is 5.10 Å². The number of carboxylic acids is 1. The van der Waals surface area contributed by atoms with Crippen molar-refractivity contribution in [3.05, 3.63) is 41.8 Å². The Labute approximate surface area is 116 Å². The molecule has 1 aromatic heterocycles. The molecule has 0 bridgehead atoms. The lowest BCUT2D eigenvalue weighted by Gasteiger charge is -2.12. The van der Waals surface area contributed by atoms with E-state index in [1.165, 1.54) is 12.1 Å². The fourth-order valence-electron chi connectivity index (χ4n) is 2.22. The first-order valence-corrected chi connectivity index (χ1v) is 6.65. The number of halogens is 1. The molecular weight excluding hydrogens is 259 g/mol. The van der Waals surface area contributed by atoms with E-state index in [1.807, 2.05) is 13.8 Å². The number of aromatic nitrogens is 2. The van der Waals surface area contributed by atoms with Crippen molar-refractivity contribution in [1.29, 1.82) is 0 Å². The average Bonchev–Trinajstić information content (AvgIpc) is 2.86. The third kappa shape index (κ3) is 2.71. The molecule has 0 radical (unpaired) electrons. The molecule has 0 atom stereocenters. The molecule has 0 aliphatic carbocycles. The van der Waals surface area contributed by atoms with E-state index in [4.69, 9.17) is 0 Å². The van der Waals surface area contributed by atoms with Crippen LogP contribution in [0.2, 0.25) is 0 Å².